The molecule has 0 aromatic heterocycles. The highest BCUT2D eigenvalue weighted by Crippen LogP contribution is 2.27. The molecule has 0 spiro atoms. The van der Waals surface area contributed by atoms with Crippen LogP contribution in [-0.4, -0.2) is 13.4 Å². The van der Waals surface area contributed by atoms with Gasteiger partial charge in [-0.2, -0.15) is 0 Å². The third-order valence-corrected chi connectivity index (χ3v) is 2.57. The van der Waals surface area contributed by atoms with E-state index in [4.69, 9.17) is 16.3 Å². The summed E-state index contributed by atoms with van der Waals surface area (Å²) in [7, 11) is 1.56. The summed E-state index contributed by atoms with van der Waals surface area (Å²) >= 11 is 7.85. The molecule has 0 atom stereocenters. The number of hydrogen-bond donors (Lipinski definition) is 0. The van der Waals surface area contributed by atoms with Crippen LogP contribution in [0.2, 0.25) is 5.02 Å². The molecule has 64 valence electrons. The van der Waals surface area contributed by atoms with Crippen molar-refractivity contribution in [2.24, 2.45) is 0 Å². The lowest BCUT2D eigenvalue weighted by molar-refractivity contribution is 0.112. The van der Waals surface area contributed by atoms with Crippen LogP contribution >= 0.6 is 34.2 Å². The molecule has 0 saturated heterocycles. The van der Waals surface area contributed by atoms with E-state index in [1.54, 1.807) is 19.2 Å². The van der Waals surface area contributed by atoms with Gasteiger partial charge in [-0.15, -0.1) is 0 Å². The topological polar surface area (TPSA) is 26.3 Å². The predicted molar refractivity (Wildman–Crippen MR) is 56.1 cm³/mol. The third-order valence-electron chi connectivity index (χ3n) is 1.40. The monoisotopic (exact) mass is 296 g/mol. The molecule has 0 N–H and O–H groups in total. The molecular formula is C8H6ClIO2. The van der Waals surface area contributed by atoms with E-state index < -0.39 is 0 Å². The van der Waals surface area contributed by atoms with Crippen LogP contribution in [0.15, 0.2) is 12.1 Å². The summed E-state index contributed by atoms with van der Waals surface area (Å²) in [5, 5.41) is 0.419. The molecule has 1 aromatic rings. The second-order valence-electron chi connectivity index (χ2n) is 2.13. The lowest BCUT2D eigenvalue weighted by Gasteiger charge is -2.04. The van der Waals surface area contributed by atoms with Gasteiger partial charge in [0.15, 0.2) is 6.29 Å². The van der Waals surface area contributed by atoms with Crippen LogP contribution < -0.4 is 4.74 Å². The van der Waals surface area contributed by atoms with Crippen molar-refractivity contribution in [3.63, 3.8) is 0 Å². The lowest BCUT2D eigenvalue weighted by atomic mass is 10.2. The van der Waals surface area contributed by atoms with Crippen LogP contribution in [0, 0.1) is 3.57 Å². The Morgan fingerprint density at radius 1 is 1.58 bits per heavy atom. The minimum Gasteiger partial charge on any atom is -0.496 e. The van der Waals surface area contributed by atoms with E-state index in [0.29, 0.717) is 16.3 Å². The SMILES string of the molecule is COc1cc(Cl)c(C=O)cc1I. The molecule has 2 nitrogen and oxygen atoms in total. The summed E-state index contributed by atoms with van der Waals surface area (Å²) in [5.41, 5.74) is 0.488. The fourth-order valence-electron chi connectivity index (χ4n) is 0.791. The van der Waals surface area contributed by atoms with Gasteiger partial charge in [-0.3, -0.25) is 4.79 Å². The first-order chi connectivity index (χ1) is 5.69. The van der Waals surface area contributed by atoms with Crippen LogP contribution in [0.25, 0.3) is 0 Å². The van der Waals surface area contributed by atoms with Crippen molar-refractivity contribution in [3.8, 4) is 5.75 Å². The first kappa shape index (κ1) is 9.80. The van der Waals surface area contributed by atoms with Crippen LogP contribution in [-0.2, 0) is 0 Å². The zero-order valence-corrected chi connectivity index (χ0v) is 9.22. The highest BCUT2D eigenvalue weighted by molar-refractivity contribution is 14.1. The Balaban J connectivity index is 3.25. The first-order valence-electron chi connectivity index (χ1n) is 3.17. The van der Waals surface area contributed by atoms with Crippen molar-refractivity contribution >= 4 is 40.5 Å². The Bertz CT molecular complexity index is 312. The molecule has 0 heterocycles. The minimum absolute atomic E-state index is 0.419. The van der Waals surface area contributed by atoms with Crippen molar-refractivity contribution in [2.75, 3.05) is 7.11 Å². The summed E-state index contributed by atoms with van der Waals surface area (Å²) in [5.74, 6) is 0.686. The fourth-order valence-corrected chi connectivity index (χ4v) is 1.70. The van der Waals surface area contributed by atoms with Gasteiger partial charge in [0.05, 0.1) is 15.7 Å². The fraction of sp³-hybridized carbons (Fsp3) is 0.125. The van der Waals surface area contributed by atoms with E-state index in [9.17, 15) is 4.79 Å². The van der Waals surface area contributed by atoms with Crippen molar-refractivity contribution in [1.82, 2.24) is 0 Å². The summed E-state index contributed by atoms with van der Waals surface area (Å²) in [6, 6.07) is 3.32. The molecule has 0 unspecified atom stereocenters. The van der Waals surface area contributed by atoms with Crippen molar-refractivity contribution in [3.05, 3.63) is 26.3 Å². The Kier molecular flexibility index (Phi) is 3.34. The number of aldehydes is 1. The highest BCUT2D eigenvalue weighted by atomic mass is 127. The Morgan fingerprint density at radius 3 is 2.75 bits per heavy atom. The molecule has 1 rings (SSSR count). The number of carbonyl (C=O) groups is 1. The normalized spacial score (nSPS) is 9.58. The van der Waals surface area contributed by atoms with Crippen LogP contribution in [0.4, 0.5) is 0 Å². The van der Waals surface area contributed by atoms with Gasteiger partial charge in [-0.1, -0.05) is 11.6 Å². The van der Waals surface area contributed by atoms with Gasteiger partial charge in [0, 0.05) is 11.6 Å². The van der Waals surface area contributed by atoms with E-state index >= 15 is 0 Å². The van der Waals surface area contributed by atoms with Gasteiger partial charge >= 0.3 is 0 Å². The number of ether oxygens (including phenoxy) is 1. The number of halogens is 2. The Morgan fingerprint density at radius 2 is 2.25 bits per heavy atom. The second kappa shape index (κ2) is 4.09. The molecule has 1 aromatic carbocycles. The molecule has 0 aliphatic heterocycles. The first-order valence-corrected chi connectivity index (χ1v) is 4.63. The van der Waals surface area contributed by atoms with E-state index in [0.717, 1.165) is 9.86 Å². The molecule has 0 radical (unpaired) electrons. The van der Waals surface area contributed by atoms with E-state index in [1.165, 1.54) is 0 Å². The van der Waals surface area contributed by atoms with E-state index in [2.05, 4.69) is 22.6 Å². The minimum atomic E-state index is 0.419. The molecule has 12 heavy (non-hydrogen) atoms. The van der Waals surface area contributed by atoms with Gasteiger partial charge in [0.25, 0.3) is 0 Å². The standard InChI is InChI=1S/C8H6ClIO2/c1-12-8-3-6(9)5(4-11)2-7(8)10/h2-4H,1H3. The summed E-state index contributed by atoms with van der Waals surface area (Å²) < 4.78 is 5.89. The number of carbonyl (C=O) groups excluding carboxylic acids is 1. The maximum atomic E-state index is 10.5. The number of methoxy groups -OCH3 is 1. The average Bonchev–Trinajstić information content (AvgIpc) is 2.08. The third kappa shape index (κ3) is 1.90. The summed E-state index contributed by atoms with van der Waals surface area (Å²) in [6.45, 7) is 0. The highest BCUT2D eigenvalue weighted by Gasteiger charge is 2.05. The summed E-state index contributed by atoms with van der Waals surface area (Å²) in [6.07, 6.45) is 0.726. The predicted octanol–water partition coefficient (Wildman–Crippen LogP) is 2.77. The lowest BCUT2D eigenvalue weighted by Crippen LogP contribution is -1.90. The smallest absolute Gasteiger partial charge is 0.151 e. The largest absolute Gasteiger partial charge is 0.496 e. The zero-order valence-electron chi connectivity index (χ0n) is 6.30. The van der Waals surface area contributed by atoms with Crippen LogP contribution in [0.5, 0.6) is 5.75 Å². The van der Waals surface area contributed by atoms with Crippen molar-refractivity contribution < 1.29 is 9.53 Å². The Labute approximate surface area is 89.0 Å². The molecular weight excluding hydrogens is 290 g/mol. The average molecular weight is 296 g/mol. The van der Waals surface area contributed by atoms with E-state index in [1.807, 2.05) is 0 Å². The van der Waals surface area contributed by atoms with E-state index in [-0.39, 0.29) is 0 Å². The molecule has 0 amide bonds. The molecule has 0 bridgehead atoms. The zero-order chi connectivity index (χ0) is 9.14. The number of rotatable bonds is 2. The number of hydrogen-bond acceptors (Lipinski definition) is 2. The molecule has 0 aliphatic rings. The van der Waals surface area contributed by atoms with Gasteiger partial charge < -0.3 is 4.74 Å². The quantitative estimate of drug-likeness (QED) is 0.619. The van der Waals surface area contributed by atoms with Crippen molar-refractivity contribution in [1.29, 1.82) is 0 Å². The second-order valence-corrected chi connectivity index (χ2v) is 3.70. The van der Waals surface area contributed by atoms with Gasteiger partial charge in [0.2, 0.25) is 0 Å². The van der Waals surface area contributed by atoms with Crippen LogP contribution in [0.1, 0.15) is 10.4 Å². The number of benzene rings is 1. The van der Waals surface area contributed by atoms with Crippen LogP contribution in [0.3, 0.4) is 0 Å². The van der Waals surface area contributed by atoms with Gasteiger partial charge in [-0.05, 0) is 28.7 Å². The maximum Gasteiger partial charge on any atom is 0.151 e. The molecule has 0 aliphatic carbocycles. The van der Waals surface area contributed by atoms with Gasteiger partial charge in [-0.25, -0.2) is 0 Å². The summed E-state index contributed by atoms with van der Waals surface area (Å²) in [4.78, 5) is 10.5. The molecule has 0 fully saturated rings. The van der Waals surface area contributed by atoms with Gasteiger partial charge in [0.1, 0.15) is 5.75 Å². The maximum absolute atomic E-state index is 10.5. The van der Waals surface area contributed by atoms with Crippen molar-refractivity contribution in [2.45, 2.75) is 0 Å². The Hall–Kier alpha value is -0.290. The molecule has 4 heteroatoms. The molecule has 0 saturated carbocycles.